The van der Waals surface area contributed by atoms with E-state index in [1.165, 1.54) is 11.8 Å². The molecule has 0 saturated heterocycles. The number of nitrogens with one attached hydrogen (secondary N) is 2. The van der Waals surface area contributed by atoms with E-state index in [9.17, 15) is 14.4 Å². The number of carbonyl (C=O) groups is 3. The molecule has 1 aromatic rings. The molecule has 23 heavy (non-hydrogen) atoms. The Balaban J connectivity index is 2.28. The van der Waals surface area contributed by atoms with E-state index in [-0.39, 0.29) is 30.0 Å². The van der Waals surface area contributed by atoms with E-state index in [0.29, 0.717) is 5.75 Å². The Kier molecular flexibility index (Phi) is 4.68. The first-order chi connectivity index (χ1) is 10.8. The Morgan fingerprint density at radius 2 is 2.09 bits per heavy atom. The van der Waals surface area contributed by atoms with Crippen molar-refractivity contribution in [1.82, 2.24) is 15.8 Å². The number of hydrogen-bond acceptors (Lipinski definition) is 6. The summed E-state index contributed by atoms with van der Waals surface area (Å²) in [6.45, 7) is 4.63. The summed E-state index contributed by atoms with van der Waals surface area (Å²) in [5.41, 5.74) is 10.0. The van der Waals surface area contributed by atoms with Gasteiger partial charge < -0.3 is 10.5 Å². The molecule has 0 fully saturated rings. The molecular weight excluding hydrogens is 302 g/mol. The van der Waals surface area contributed by atoms with Crippen molar-refractivity contribution in [2.45, 2.75) is 26.9 Å². The number of nitrogens with two attached hydrogens (primary N) is 1. The molecule has 0 bridgehead atoms. The molecule has 3 amide bonds. The van der Waals surface area contributed by atoms with Crippen LogP contribution in [0, 0.1) is 5.92 Å². The van der Waals surface area contributed by atoms with Gasteiger partial charge in [-0.2, -0.15) is 0 Å². The van der Waals surface area contributed by atoms with E-state index in [2.05, 4.69) is 15.8 Å². The Morgan fingerprint density at radius 1 is 1.39 bits per heavy atom. The van der Waals surface area contributed by atoms with Crippen LogP contribution in [-0.4, -0.2) is 35.4 Å². The van der Waals surface area contributed by atoms with Crippen molar-refractivity contribution in [2.24, 2.45) is 5.92 Å². The third kappa shape index (κ3) is 3.68. The normalized spacial score (nSPS) is 16.6. The van der Waals surface area contributed by atoms with Gasteiger partial charge in [-0.1, -0.05) is 13.8 Å². The lowest BCUT2D eigenvalue weighted by atomic mass is 10.0. The molecule has 0 aliphatic carbocycles. The van der Waals surface area contributed by atoms with Crippen molar-refractivity contribution in [1.29, 1.82) is 0 Å². The average molecular weight is 321 g/mol. The van der Waals surface area contributed by atoms with E-state index in [1.54, 1.807) is 12.1 Å². The van der Waals surface area contributed by atoms with Crippen LogP contribution in [0.25, 0.3) is 0 Å². The van der Waals surface area contributed by atoms with Gasteiger partial charge in [-0.25, -0.2) is 4.98 Å². The SMILES string of the molecule is CC(=O)NNC(=O)CN1C(=O)C(C(C)C)Oc2ccc(N)nc21. The molecule has 4 N–H and O–H groups in total. The van der Waals surface area contributed by atoms with Gasteiger partial charge in [-0.15, -0.1) is 0 Å². The van der Waals surface area contributed by atoms with E-state index in [1.807, 2.05) is 13.8 Å². The highest BCUT2D eigenvalue weighted by molar-refractivity contribution is 6.03. The van der Waals surface area contributed by atoms with Crippen molar-refractivity contribution < 1.29 is 19.1 Å². The minimum atomic E-state index is -0.721. The second kappa shape index (κ2) is 6.51. The predicted octanol–water partition coefficient (Wildman–Crippen LogP) is -0.419. The molecule has 0 radical (unpaired) electrons. The summed E-state index contributed by atoms with van der Waals surface area (Å²) in [6, 6.07) is 3.17. The molecular formula is C14H19N5O4. The third-order valence-corrected chi connectivity index (χ3v) is 3.17. The summed E-state index contributed by atoms with van der Waals surface area (Å²) in [5, 5.41) is 0. The van der Waals surface area contributed by atoms with Crippen LogP contribution in [0.2, 0.25) is 0 Å². The summed E-state index contributed by atoms with van der Waals surface area (Å²) in [6.07, 6.45) is -0.721. The Bertz CT molecular complexity index is 646. The van der Waals surface area contributed by atoms with Crippen molar-refractivity contribution in [2.75, 3.05) is 17.2 Å². The first kappa shape index (κ1) is 16.5. The molecule has 2 rings (SSSR count). The van der Waals surface area contributed by atoms with E-state index < -0.39 is 17.9 Å². The van der Waals surface area contributed by atoms with Crippen LogP contribution in [-0.2, 0) is 14.4 Å². The Morgan fingerprint density at radius 3 is 2.70 bits per heavy atom. The zero-order chi connectivity index (χ0) is 17.1. The number of pyridine rings is 1. The second-order valence-corrected chi connectivity index (χ2v) is 5.49. The fourth-order valence-corrected chi connectivity index (χ4v) is 2.10. The Hall–Kier alpha value is -2.84. The van der Waals surface area contributed by atoms with Gasteiger partial charge in [-0.3, -0.25) is 30.1 Å². The lowest BCUT2D eigenvalue weighted by molar-refractivity contribution is -0.131. The number of rotatable bonds is 3. The van der Waals surface area contributed by atoms with Crippen LogP contribution in [0.5, 0.6) is 5.75 Å². The number of amides is 3. The van der Waals surface area contributed by atoms with E-state index >= 15 is 0 Å². The summed E-state index contributed by atoms with van der Waals surface area (Å²) in [5.74, 6) is -0.689. The van der Waals surface area contributed by atoms with Crippen LogP contribution >= 0.6 is 0 Å². The molecule has 2 heterocycles. The lowest BCUT2D eigenvalue weighted by Gasteiger charge is -2.34. The predicted molar refractivity (Wildman–Crippen MR) is 82.2 cm³/mol. The van der Waals surface area contributed by atoms with Gasteiger partial charge in [0.2, 0.25) is 5.91 Å². The van der Waals surface area contributed by atoms with Crippen LogP contribution in [0.3, 0.4) is 0 Å². The molecule has 9 heteroatoms. The molecule has 0 spiro atoms. The van der Waals surface area contributed by atoms with Gasteiger partial charge >= 0.3 is 0 Å². The van der Waals surface area contributed by atoms with Crippen molar-refractivity contribution in [3.63, 3.8) is 0 Å². The molecule has 1 unspecified atom stereocenters. The zero-order valence-electron chi connectivity index (χ0n) is 13.1. The van der Waals surface area contributed by atoms with Crippen molar-refractivity contribution in [3.05, 3.63) is 12.1 Å². The number of aromatic nitrogens is 1. The maximum absolute atomic E-state index is 12.6. The number of carbonyl (C=O) groups excluding carboxylic acids is 3. The van der Waals surface area contributed by atoms with Crippen molar-refractivity contribution in [3.8, 4) is 5.75 Å². The summed E-state index contributed by atoms with van der Waals surface area (Å²) in [4.78, 5) is 40.6. The number of fused-ring (bicyclic) bond motifs is 1. The molecule has 0 aromatic carbocycles. The maximum Gasteiger partial charge on any atom is 0.270 e. The summed E-state index contributed by atoms with van der Waals surface area (Å²) < 4.78 is 5.66. The lowest BCUT2D eigenvalue weighted by Crippen LogP contribution is -2.53. The number of hydrazine groups is 1. The highest BCUT2D eigenvalue weighted by atomic mass is 16.5. The highest BCUT2D eigenvalue weighted by Crippen LogP contribution is 2.34. The van der Waals surface area contributed by atoms with Crippen LogP contribution < -0.4 is 26.2 Å². The van der Waals surface area contributed by atoms with Gasteiger partial charge in [-0.05, 0) is 18.1 Å². The number of nitrogens with zero attached hydrogens (tertiary/aromatic N) is 2. The zero-order valence-corrected chi connectivity index (χ0v) is 13.1. The summed E-state index contributed by atoms with van der Waals surface area (Å²) >= 11 is 0. The van der Waals surface area contributed by atoms with Crippen LogP contribution in [0.15, 0.2) is 12.1 Å². The van der Waals surface area contributed by atoms with E-state index in [4.69, 9.17) is 10.5 Å². The minimum Gasteiger partial charge on any atom is -0.476 e. The topological polar surface area (TPSA) is 127 Å². The van der Waals surface area contributed by atoms with E-state index in [0.717, 1.165) is 0 Å². The smallest absolute Gasteiger partial charge is 0.270 e. The third-order valence-electron chi connectivity index (χ3n) is 3.17. The van der Waals surface area contributed by atoms with Gasteiger partial charge in [0.15, 0.2) is 17.7 Å². The number of anilines is 2. The number of ether oxygens (including phenoxy) is 1. The molecule has 1 aliphatic rings. The molecule has 1 atom stereocenters. The van der Waals surface area contributed by atoms with Gasteiger partial charge in [0, 0.05) is 6.92 Å². The van der Waals surface area contributed by atoms with Crippen LogP contribution in [0.4, 0.5) is 11.6 Å². The maximum atomic E-state index is 12.6. The first-order valence-electron chi connectivity index (χ1n) is 7.09. The molecule has 9 nitrogen and oxygen atoms in total. The van der Waals surface area contributed by atoms with Gasteiger partial charge in [0.05, 0.1) is 0 Å². The Labute approximate surface area is 133 Å². The summed E-state index contributed by atoms with van der Waals surface area (Å²) in [7, 11) is 0. The quantitative estimate of drug-likeness (QED) is 0.649. The fraction of sp³-hybridized carbons (Fsp3) is 0.429. The monoisotopic (exact) mass is 321 g/mol. The minimum absolute atomic E-state index is 0.0888. The molecule has 1 aromatic heterocycles. The van der Waals surface area contributed by atoms with Crippen molar-refractivity contribution >= 4 is 29.4 Å². The first-order valence-corrected chi connectivity index (χ1v) is 7.09. The van der Waals surface area contributed by atoms with Gasteiger partial charge in [0.25, 0.3) is 11.8 Å². The standard InChI is InChI=1S/C14H19N5O4/c1-7(2)12-14(22)19(6-11(21)18-17-8(3)20)13-9(23-12)4-5-10(15)16-13/h4-5,7,12H,6H2,1-3H3,(H2,15,16)(H,17,20)(H,18,21). The van der Waals surface area contributed by atoms with Gasteiger partial charge in [0.1, 0.15) is 12.4 Å². The molecule has 1 aliphatic heterocycles. The molecule has 124 valence electrons. The number of nitrogen functional groups attached to an aromatic ring is 1. The number of hydrogen-bond donors (Lipinski definition) is 3. The largest absolute Gasteiger partial charge is 0.476 e. The van der Waals surface area contributed by atoms with Crippen LogP contribution in [0.1, 0.15) is 20.8 Å². The highest BCUT2D eigenvalue weighted by Gasteiger charge is 2.38. The fourth-order valence-electron chi connectivity index (χ4n) is 2.10. The average Bonchev–Trinajstić information content (AvgIpc) is 2.47. The second-order valence-electron chi connectivity index (χ2n) is 5.49. The molecule has 0 saturated carbocycles.